The molecular formula is C22H21ClN2O3S. The van der Waals surface area contributed by atoms with E-state index in [0.717, 1.165) is 15.7 Å². The summed E-state index contributed by atoms with van der Waals surface area (Å²) in [6.45, 7) is 2.38. The molecule has 0 saturated carbocycles. The van der Waals surface area contributed by atoms with E-state index >= 15 is 0 Å². The lowest BCUT2D eigenvalue weighted by molar-refractivity contribution is -0.123. The molecule has 5 nitrogen and oxygen atoms in total. The van der Waals surface area contributed by atoms with E-state index in [1.165, 1.54) is 11.8 Å². The molecule has 0 saturated heterocycles. The maximum absolute atomic E-state index is 12.3. The predicted molar refractivity (Wildman–Crippen MR) is 119 cm³/mol. The lowest BCUT2D eigenvalue weighted by Crippen LogP contribution is -2.28. The van der Waals surface area contributed by atoms with Crippen LogP contribution in [-0.2, 0) is 9.59 Å². The van der Waals surface area contributed by atoms with Crippen molar-refractivity contribution in [1.82, 2.24) is 5.32 Å². The first-order valence-electron chi connectivity index (χ1n) is 9.16. The third kappa shape index (κ3) is 5.89. The Morgan fingerprint density at radius 1 is 1.00 bits per heavy atom. The molecule has 0 aliphatic rings. The molecule has 0 radical (unpaired) electrons. The molecule has 0 spiro atoms. The normalized spacial score (nSPS) is 10.6. The molecule has 2 amide bonds. The van der Waals surface area contributed by atoms with Crippen molar-refractivity contribution in [3.05, 3.63) is 65.7 Å². The number of rotatable bonds is 8. The quantitative estimate of drug-likeness (QED) is 0.508. The molecule has 0 heterocycles. The lowest BCUT2D eigenvalue weighted by Gasteiger charge is -2.10. The van der Waals surface area contributed by atoms with Crippen LogP contribution >= 0.6 is 23.4 Å². The minimum atomic E-state index is -0.171. The van der Waals surface area contributed by atoms with Crippen molar-refractivity contribution in [2.24, 2.45) is 0 Å². The van der Waals surface area contributed by atoms with Gasteiger partial charge in [0.25, 0.3) is 5.91 Å². The molecule has 0 aromatic heterocycles. The molecule has 0 unspecified atom stereocenters. The van der Waals surface area contributed by atoms with Gasteiger partial charge in [-0.05, 0) is 48.7 Å². The second-order valence-electron chi connectivity index (χ2n) is 6.20. The van der Waals surface area contributed by atoms with Crippen molar-refractivity contribution in [2.75, 3.05) is 24.2 Å². The average molecular weight is 429 g/mol. The molecule has 29 heavy (non-hydrogen) atoms. The summed E-state index contributed by atoms with van der Waals surface area (Å²) in [5.74, 6) is 0.541. The van der Waals surface area contributed by atoms with E-state index in [0.29, 0.717) is 23.0 Å². The van der Waals surface area contributed by atoms with E-state index < -0.39 is 0 Å². The molecule has 0 fully saturated rings. The van der Waals surface area contributed by atoms with Crippen LogP contribution in [0.4, 0.5) is 5.69 Å². The highest BCUT2D eigenvalue weighted by Crippen LogP contribution is 2.33. The number of carbonyl (C=O) groups excluding carboxylic acids is 2. The molecule has 150 valence electrons. The number of halogens is 1. The van der Waals surface area contributed by atoms with E-state index in [1.807, 2.05) is 43.3 Å². The molecule has 0 atom stereocenters. The fraction of sp³-hybridized carbons (Fsp3) is 0.182. The smallest absolute Gasteiger partial charge is 0.257 e. The number of nitrogens with one attached hydrogen (secondary N) is 2. The number of hydrogen-bond acceptors (Lipinski definition) is 4. The number of anilines is 1. The van der Waals surface area contributed by atoms with Crippen LogP contribution < -0.4 is 15.4 Å². The SMILES string of the molecule is CCNC(=O)COc1ccc(NC(=O)CSc2cccc3cccc(Cl)c23)cc1. The first kappa shape index (κ1) is 21.0. The molecule has 3 rings (SSSR count). The summed E-state index contributed by atoms with van der Waals surface area (Å²) < 4.78 is 5.40. The molecule has 3 aromatic carbocycles. The first-order chi connectivity index (χ1) is 14.1. The van der Waals surface area contributed by atoms with Gasteiger partial charge in [0.05, 0.1) is 5.75 Å². The largest absolute Gasteiger partial charge is 0.484 e. The van der Waals surface area contributed by atoms with Gasteiger partial charge >= 0.3 is 0 Å². The van der Waals surface area contributed by atoms with Crippen molar-refractivity contribution >= 4 is 51.6 Å². The average Bonchev–Trinajstić information content (AvgIpc) is 2.72. The van der Waals surface area contributed by atoms with Gasteiger partial charge in [0, 0.05) is 27.5 Å². The van der Waals surface area contributed by atoms with Crippen LogP contribution in [-0.4, -0.2) is 30.7 Å². The molecule has 7 heteroatoms. The van der Waals surface area contributed by atoms with Crippen LogP contribution in [0.3, 0.4) is 0 Å². The monoisotopic (exact) mass is 428 g/mol. The van der Waals surface area contributed by atoms with Crippen LogP contribution in [0.1, 0.15) is 6.92 Å². The second-order valence-corrected chi connectivity index (χ2v) is 7.62. The lowest BCUT2D eigenvalue weighted by atomic mass is 10.1. The van der Waals surface area contributed by atoms with E-state index in [2.05, 4.69) is 10.6 Å². The molecule has 0 bridgehead atoms. The van der Waals surface area contributed by atoms with Gasteiger partial charge in [-0.15, -0.1) is 11.8 Å². The zero-order valence-corrected chi connectivity index (χ0v) is 17.5. The summed E-state index contributed by atoms with van der Waals surface area (Å²) in [6, 6.07) is 18.6. The Morgan fingerprint density at radius 3 is 2.45 bits per heavy atom. The van der Waals surface area contributed by atoms with E-state index in [4.69, 9.17) is 16.3 Å². The Balaban J connectivity index is 1.54. The van der Waals surface area contributed by atoms with Gasteiger partial charge in [-0.1, -0.05) is 35.9 Å². The van der Waals surface area contributed by atoms with Crippen molar-refractivity contribution in [3.8, 4) is 5.75 Å². The van der Waals surface area contributed by atoms with Crippen LogP contribution in [0.2, 0.25) is 5.02 Å². The Hall–Kier alpha value is -2.70. The fourth-order valence-electron chi connectivity index (χ4n) is 2.75. The van der Waals surface area contributed by atoms with Gasteiger partial charge in [-0.2, -0.15) is 0 Å². The van der Waals surface area contributed by atoms with E-state index in [1.54, 1.807) is 24.3 Å². The highest BCUT2D eigenvalue weighted by atomic mass is 35.5. The minimum absolute atomic E-state index is 0.0379. The maximum atomic E-state index is 12.3. The Labute approximate surface area is 178 Å². The number of amides is 2. The number of hydrogen-bond donors (Lipinski definition) is 2. The summed E-state index contributed by atoms with van der Waals surface area (Å²) in [4.78, 5) is 24.7. The molecule has 0 aliphatic carbocycles. The minimum Gasteiger partial charge on any atom is -0.484 e. The van der Waals surface area contributed by atoms with Crippen LogP contribution in [0, 0.1) is 0 Å². The van der Waals surface area contributed by atoms with Gasteiger partial charge in [0.1, 0.15) is 5.75 Å². The maximum Gasteiger partial charge on any atom is 0.257 e. The summed E-state index contributed by atoms with van der Waals surface area (Å²) in [5, 5.41) is 8.21. The number of carbonyl (C=O) groups is 2. The van der Waals surface area contributed by atoms with Crippen molar-refractivity contribution in [1.29, 1.82) is 0 Å². The number of ether oxygens (including phenoxy) is 1. The molecule has 0 aliphatic heterocycles. The number of benzene rings is 3. The zero-order valence-electron chi connectivity index (χ0n) is 15.9. The predicted octanol–water partition coefficient (Wildman–Crippen LogP) is 4.74. The fourth-order valence-corrected chi connectivity index (χ4v) is 4.00. The highest BCUT2D eigenvalue weighted by Gasteiger charge is 2.09. The van der Waals surface area contributed by atoms with Gasteiger partial charge in [0.15, 0.2) is 6.61 Å². The van der Waals surface area contributed by atoms with Crippen molar-refractivity contribution in [3.63, 3.8) is 0 Å². The molecular weight excluding hydrogens is 408 g/mol. The Morgan fingerprint density at radius 2 is 1.72 bits per heavy atom. The van der Waals surface area contributed by atoms with E-state index in [-0.39, 0.29) is 24.2 Å². The number of fused-ring (bicyclic) bond motifs is 1. The number of likely N-dealkylation sites (N-methyl/N-ethyl adjacent to an activating group) is 1. The van der Waals surface area contributed by atoms with Gasteiger partial charge in [-0.25, -0.2) is 0 Å². The number of thioether (sulfide) groups is 1. The molecule has 2 N–H and O–H groups in total. The van der Waals surface area contributed by atoms with Crippen LogP contribution in [0.25, 0.3) is 10.8 Å². The topological polar surface area (TPSA) is 67.4 Å². The van der Waals surface area contributed by atoms with Crippen LogP contribution in [0.15, 0.2) is 65.6 Å². The van der Waals surface area contributed by atoms with Gasteiger partial charge < -0.3 is 15.4 Å². The van der Waals surface area contributed by atoms with Crippen molar-refractivity contribution in [2.45, 2.75) is 11.8 Å². The Kier molecular flexibility index (Phi) is 7.38. The van der Waals surface area contributed by atoms with Crippen molar-refractivity contribution < 1.29 is 14.3 Å². The summed E-state index contributed by atoms with van der Waals surface area (Å²) in [5.41, 5.74) is 0.664. The second kappa shape index (κ2) is 10.2. The van der Waals surface area contributed by atoms with Gasteiger partial charge in [-0.3, -0.25) is 9.59 Å². The third-order valence-corrected chi connectivity index (χ3v) is 5.43. The summed E-state index contributed by atoms with van der Waals surface area (Å²) in [6.07, 6.45) is 0. The van der Waals surface area contributed by atoms with E-state index in [9.17, 15) is 9.59 Å². The summed E-state index contributed by atoms with van der Waals surface area (Å²) in [7, 11) is 0. The standard InChI is InChI=1S/C22H21ClN2O3S/c1-2-24-20(26)13-28-17-11-9-16(10-12-17)25-21(27)14-29-19-8-4-6-15-5-3-7-18(23)22(15)19/h3-12H,2,13-14H2,1H3,(H,24,26)(H,25,27). The van der Waals surface area contributed by atoms with Gasteiger partial charge in [0.2, 0.25) is 5.91 Å². The van der Waals surface area contributed by atoms with Crippen LogP contribution in [0.5, 0.6) is 5.75 Å². The third-order valence-electron chi connectivity index (χ3n) is 4.06. The highest BCUT2D eigenvalue weighted by molar-refractivity contribution is 8.00. The molecule has 3 aromatic rings. The Bertz CT molecular complexity index is 1000. The summed E-state index contributed by atoms with van der Waals surface area (Å²) >= 11 is 7.78. The first-order valence-corrected chi connectivity index (χ1v) is 10.5. The zero-order chi connectivity index (χ0) is 20.6.